The van der Waals surface area contributed by atoms with Crippen LogP contribution in [0.25, 0.3) is 16.8 Å². The lowest BCUT2D eigenvalue weighted by Gasteiger charge is -2.18. The number of rotatable bonds is 7. The standard InChI is InChI=1S/C31H28Cl2F3N7O2/c1-2-18-15-41(30(45)39-17-31(34,35)36)16-20(18)25-13-37-26-14-38-29-24(43(25)26)10-11-42(29)27(44)12-19-6-3-4-9-23(19)40-28-21(32)7-5-8-22(28)33/h3-11,13-14,18,20,40H,2,12,15-17H2,1H3,(H,39,45). The van der Waals surface area contributed by atoms with Crippen LogP contribution in [0.1, 0.15) is 35.3 Å². The second kappa shape index (κ2) is 12.2. The highest BCUT2D eigenvalue weighted by Gasteiger charge is 2.38. The molecule has 2 atom stereocenters. The van der Waals surface area contributed by atoms with E-state index >= 15 is 0 Å². The minimum Gasteiger partial charge on any atom is -0.353 e. The van der Waals surface area contributed by atoms with Crippen molar-refractivity contribution >= 4 is 63.3 Å². The third-order valence-corrected chi connectivity index (χ3v) is 8.75. The van der Waals surface area contributed by atoms with E-state index in [0.29, 0.717) is 51.2 Å². The molecule has 14 heteroatoms. The number of likely N-dealkylation sites (tertiary alicyclic amines) is 1. The lowest BCUT2D eigenvalue weighted by atomic mass is 9.91. The van der Waals surface area contributed by atoms with Crippen molar-refractivity contribution in [3.05, 3.63) is 88.4 Å². The number of amides is 2. The van der Waals surface area contributed by atoms with Crippen molar-refractivity contribution in [1.82, 2.24) is 29.2 Å². The van der Waals surface area contributed by atoms with Crippen molar-refractivity contribution in [3.63, 3.8) is 0 Å². The molecule has 9 nitrogen and oxygen atoms in total. The first-order chi connectivity index (χ1) is 21.5. The van der Waals surface area contributed by atoms with Crippen LogP contribution in [-0.4, -0.2) is 61.6 Å². The molecule has 1 fully saturated rings. The topological polar surface area (TPSA) is 96.6 Å². The first-order valence-electron chi connectivity index (χ1n) is 14.3. The maximum absolute atomic E-state index is 13.7. The van der Waals surface area contributed by atoms with E-state index in [2.05, 4.69) is 15.3 Å². The number of nitrogens with one attached hydrogen (secondary N) is 2. The summed E-state index contributed by atoms with van der Waals surface area (Å²) in [6, 6.07) is 13.6. The van der Waals surface area contributed by atoms with E-state index in [1.807, 2.05) is 40.9 Å². The molecule has 2 amide bonds. The van der Waals surface area contributed by atoms with E-state index in [4.69, 9.17) is 23.2 Å². The van der Waals surface area contributed by atoms with Gasteiger partial charge in [0.15, 0.2) is 11.3 Å². The summed E-state index contributed by atoms with van der Waals surface area (Å²) in [6.07, 6.45) is 1.21. The maximum atomic E-state index is 13.7. The van der Waals surface area contributed by atoms with Crippen LogP contribution in [-0.2, 0) is 6.42 Å². The average Bonchev–Trinajstić information content (AvgIpc) is 3.74. The summed E-state index contributed by atoms with van der Waals surface area (Å²) in [5.74, 6) is -0.400. The minimum atomic E-state index is -4.49. The van der Waals surface area contributed by atoms with Crippen molar-refractivity contribution in [2.24, 2.45) is 5.92 Å². The largest absolute Gasteiger partial charge is 0.405 e. The number of alkyl halides is 3. The second-order valence-electron chi connectivity index (χ2n) is 10.9. The molecule has 2 aromatic carbocycles. The Bertz CT molecular complexity index is 1890. The van der Waals surface area contributed by atoms with Crippen LogP contribution in [0.4, 0.5) is 29.3 Å². The highest BCUT2D eigenvalue weighted by Crippen LogP contribution is 2.37. The van der Waals surface area contributed by atoms with Crippen LogP contribution >= 0.6 is 23.2 Å². The van der Waals surface area contributed by atoms with E-state index in [-0.39, 0.29) is 30.7 Å². The Kier molecular flexibility index (Phi) is 8.36. The van der Waals surface area contributed by atoms with Gasteiger partial charge in [-0.1, -0.05) is 60.8 Å². The van der Waals surface area contributed by atoms with Crippen molar-refractivity contribution in [2.45, 2.75) is 31.9 Å². The summed E-state index contributed by atoms with van der Waals surface area (Å²) in [5.41, 5.74) is 4.38. The predicted octanol–water partition coefficient (Wildman–Crippen LogP) is 7.31. The molecular weight excluding hydrogens is 630 g/mol. The van der Waals surface area contributed by atoms with E-state index < -0.39 is 18.8 Å². The molecule has 4 heterocycles. The number of fused-ring (bicyclic) bond motifs is 3. The first kappa shape index (κ1) is 30.7. The van der Waals surface area contributed by atoms with Crippen LogP contribution in [0.3, 0.4) is 0 Å². The number of imidazole rings is 1. The minimum absolute atomic E-state index is 0.00379. The molecule has 0 radical (unpaired) electrons. The predicted molar refractivity (Wildman–Crippen MR) is 167 cm³/mol. The number of urea groups is 1. The Morgan fingerprint density at radius 3 is 2.49 bits per heavy atom. The molecule has 1 saturated heterocycles. The van der Waals surface area contributed by atoms with Gasteiger partial charge in [-0.05, 0) is 35.7 Å². The number of halogens is 5. The van der Waals surface area contributed by atoms with Crippen LogP contribution < -0.4 is 10.6 Å². The maximum Gasteiger partial charge on any atom is 0.405 e. The fraction of sp³-hybridized carbons (Fsp3) is 0.290. The SMILES string of the molecule is CCC1CN(C(=O)NCC(F)(F)F)CC1c1cnc2cnc3c(ccn3C(=O)Cc3ccccc3Nc3c(Cl)cccc3Cl)n12. The molecular formula is C31H28Cl2F3N7O2. The van der Waals surface area contributed by atoms with E-state index in [0.717, 1.165) is 11.3 Å². The van der Waals surface area contributed by atoms with E-state index in [9.17, 15) is 22.8 Å². The molecule has 2 unspecified atom stereocenters. The summed E-state index contributed by atoms with van der Waals surface area (Å²) >= 11 is 12.7. The van der Waals surface area contributed by atoms with Crippen molar-refractivity contribution < 1.29 is 22.8 Å². The molecule has 1 aliphatic rings. The lowest BCUT2D eigenvalue weighted by molar-refractivity contribution is -0.123. The molecule has 0 spiro atoms. The normalized spacial score (nSPS) is 16.9. The highest BCUT2D eigenvalue weighted by atomic mass is 35.5. The Labute approximate surface area is 265 Å². The van der Waals surface area contributed by atoms with Crippen molar-refractivity contribution in [3.8, 4) is 0 Å². The van der Waals surface area contributed by atoms with Gasteiger partial charge in [-0.15, -0.1) is 0 Å². The molecule has 1 aliphatic heterocycles. The van der Waals surface area contributed by atoms with Gasteiger partial charge in [-0.2, -0.15) is 13.2 Å². The number of benzene rings is 2. The number of hydrogen-bond donors (Lipinski definition) is 2. The third kappa shape index (κ3) is 6.16. The molecule has 3 aromatic heterocycles. The number of anilines is 2. The van der Waals surface area contributed by atoms with Crippen LogP contribution in [0.2, 0.25) is 10.0 Å². The van der Waals surface area contributed by atoms with Crippen LogP contribution in [0.5, 0.6) is 0 Å². The molecule has 2 N–H and O–H groups in total. The van der Waals surface area contributed by atoms with E-state index in [1.54, 1.807) is 42.9 Å². The quantitative estimate of drug-likeness (QED) is 0.191. The Morgan fingerprint density at radius 2 is 1.76 bits per heavy atom. The fourth-order valence-corrected chi connectivity index (χ4v) is 6.39. The summed E-state index contributed by atoms with van der Waals surface area (Å²) in [6.45, 7) is 1.15. The van der Waals surface area contributed by atoms with Crippen molar-refractivity contribution in [2.75, 3.05) is 25.0 Å². The van der Waals surface area contributed by atoms with Gasteiger partial charge in [0.2, 0.25) is 5.91 Å². The lowest BCUT2D eigenvalue weighted by Crippen LogP contribution is -2.42. The molecule has 45 heavy (non-hydrogen) atoms. The fourth-order valence-electron chi connectivity index (χ4n) is 5.90. The Morgan fingerprint density at radius 1 is 1.00 bits per heavy atom. The first-order valence-corrected chi connectivity index (χ1v) is 15.0. The second-order valence-corrected chi connectivity index (χ2v) is 11.7. The number of nitrogens with zero attached hydrogens (tertiary/aromatic N) is 5. The third-order valence-electron chi connectivity index (χ3n) is 8.12. The molecule has 234 valence electrons. The monoisotopic (exact) mass is 657 g/mol. The number of hydrogen-bond acceptors (Lipinski definition) is 5. The van der Waals surface area contributed by atoms with Gasteiger partial charge in [-0.3, -0.25) is 13.8 Å². The number of carbonyl (C=O) groups is 2. The van der Waals surface area contributed by atoms with Gasteiger partial charge < -0.3 is 15.5 Å². The molecule has 0 bridgehead atoms. The zero-order chi connectivity index (χ0) is 31.9. The summed E-state index contributed by atoms with van der Waals surface area (Å²) in [7, 11) is 0. The summed E-state index contributed by atoms with van der Waals surface area (Å²) < 4.78 is 41.5. The molecule has 0 saturated carbocycles. The zero-order valence-corrected chi connectivity index (χ0v) is 25.5. The van der Waals surface area contributed by atoms with Crippen LogP contribution in [0.15, 0.2) is 67.1 Å². The van der Waals surface area contributed by atoms with Crippen LogP contribution in [0, 0.1) is 5.92 Å². The van der Waals surface area contributed by atoms with E-state index in [1.165, 1.54) is 9.47 Å². The van der Waals surface area contributed by atoms with Gasteiger partial charge in [0.25, 0.3) is 0 Å². The summed E-state index contributed by atoms with van der Waals surface area (Å²) in [4.78, 5) is 36.7. The average molecular weight is 659 g/mol. The highest BCUT2D eigenvalue weighted by molar-refractivity contribution is 6.39. The molecule has 6 rings (SSSR count). The number of carbonyl (C=O) groups excluding carboxylic acids is 2. The van der Waals surface area contributed by atoms with Gasteiger partial charge >= 0.3 is 12.2 Å². The van der Waals surface area contributed by atoms with Gasteiger partial charge in [0.1, 0.15) is 6.54 Å². The molecule has 0 aliphatic carbocycles. The Hall–Kier alpha value is -4.29. The Balaban J connectivity index is 1.28. The van der Waals surface area contributed by atoms with Crippen molar-refractivity contribution in [1.29, 1.82) is 0 Å². The zero-order valence-electron chi connectivity index (χ0n) is 24.0. The smallest absolute Gasteiger partial charge is 0.353 e. The van der Waals surface area contributed by atoms with Gasteiger partial charge in [0, 0.05) is 42.8 Å². The number of aromatic nitrogens is 4. The van der Waals surface area contributed by atoms with Gasteiger partial charge in [-0.25, -0.2) is 14.8 Å². The van der Waals surface area contributed by atoms with Gasteiger partial charge in [0.05, 0.1) is 33.9 Å². The number of para-hydroxylation sites is 2. The molecule has 5 aromatic rings. The summed E-state index contributed by atoms with van der Waals surface area (Å²) in [5, 5.41) is 6.12.